The zero-order valence-electron chi connectivity index (χ0n) is 12.8. The van der Waals surface area contributed by atoms with E-state index >= 15 is 0 Å². The Morgan fingerprint density at radius 2 is 1.82 bits per heavy atom. The highest BCUT2D eigenvalue weighted by atomic mass is 19.1. The van der Waals surface area contributed by atoms with Crippen LogP contribution in [0.1, 0.15) is 35.4 Å². The van der Waals surface area contributed by atoms with Gasteiger partial charge < -0.3 is 5.32 Å². The summed E-state index contributed by atoms with van der Waals surface area (Å²) in [4.78, 5) is 16.4. The third kappa shape index (κ3) is 3.47. The molecule has 1 heterocycles. The lowest BCUT2D eigenvalue weighted by molar-refractivity contribution is -0.122. The van der Waals surface area contributed by atoms with Crippen molar-refractivity contribution < 1.29 is 13.6 Å². The summed E-state index contributed by atoms with van der Waals surface area (Å²) in [6.45, 7) is 5.54. The number of rotatable bonds is 4. The van der Waals surface area contributed by atoms with Crippen LogP contribution in [0.25, 0.3) is 0 Å². The standard InChI is InChI=1S/C17H18F2N2O/c1-10-7-8-13(21-12(10)3)9-20-17(22)11(2)16-14(18)5-4-6-15(16)19/h4-8,11H,9H2,1-3H3,(H,20,22). The lowest BCUT2D eigenvalue weighted by Gasteiger charge is -2.14. The number of hydrogen-bond donors (Lipinski definition) is 1. The highest BCUT2D eigenvalue weighted by Crippen LogP contribution is 2.22. The van der Waals surface area contributed by atoms with Crippen molar-refractivity contribution in [3.8, 4) is 0 Å². The van der Waals surface area contributed by atoms with Crippen LogP contribution in [0.15, 0.2) is 30.3 Å². The minimum absolute atomic E-state index is 0.215. The summed E-state index contributed by atoms with van der Waals surface area (Å²) < 4.78 is 27.4. The van der Waals surface area contributed by atoms with Crippen molar-refractivity contribution in [2.45, 2.75) is 33.2 Å². The lowest BCUT2D eigenvalue weighted by atomic mass is 9.99. The lowest BCUT2D eigenvalue weighted by Crippen LogP contribution is -2.29. The molecule has 1 aromatic heterocycles. The number of hydrogen-bond acceptors (Lipinski definition) is 2. The summed E-state index contributed by atoms with van der Waals surface area (Å²) in [5.41, 5.74) is 2.45. The van der Waals surface area contributed by atoms with Crippen LogP contribution in [-0.4, -0.2) is 10.9 Å². The molecule has 0 aliphatic carbocycles. The average molecular weight is 304 g/mol. The monoisotopic (exact) mass is 304 g/mol. The van der Waals surface area contributed by atoms with Gasteiger partial charge in [-0.1, -0.05) is 12.1 Å². The van der Waals surface area contributed by atoms with Crippen molar-refractivity contribution in [1.29, 1.82) is 0 Å². The number of aromatic nitrogens is 1. The number of carbonyl (C=O) groups excluding carboxylic acids is 1. The molecule has 0 bridgehead atoms. The van der Waals surface area contributed by atoms with Crippen LogP contribution in [-0.2, 0) is 11.3 Å². The number of amides is 1. The second-order valence-electron chi connectivity index (χ2n) is 5.28. The van der Waals surface area contributed by atoms with Gasteiger partial charge in [0.2, 0.25) is 5.91 Å². The second-order valence-corrected chi connectivity index (χ2v) is 5.28. The predicted octanol–water partition coefficient (Wildman–Crippen LogP) is 3.40. The Labute approximate surface area is 128 Å². The molecule has 3 nitrogen and oxygen atoms in total. The van der Waals surface area contributed by atoms with Crippen LogP contribution < -0.4 is 5.32 Å². The summed E-state index contributed by atoms with van der Waals surface area (Å²) in [5.74, 6) is -2.78. The van der Waals surface area contributed by atoms with Crippen LogP contribution in [0.5, 0.6) is 0 Å². The molecule has 0 radical (unpaired) electrons. The van der Waals surface area contributed by atoms with Gasteiger partial charge in [0, 0.05) is 11.3 Å². The molecule has 0 saturated carbocycles. The number of benzene rings is 1. The maximum absolute atomic E-state index is 13.7. The molecule has 1 atom stereocenters. The molecule has 1 amide bonds. The highest BCUT2D eigenvalue weighted by molar-refractivity contribution is 5.83. The molecular formula is C17H18F2N2O. The molecule has 0 spiro atoms. The van der Waals surface area contributed by atoms with E-state index in [0.717, 1.165) is 23.4 Å². The molecule has 1 N–H and O–H groups in total. The van der Waals surface area contributed by atoms with E-state index in [2.05, 4.69) is 10.3 Å². The maximum Gasteiger partial charge on any atom is 0.227 e. The zero-order valence-corrected chi connectivity index (χ0v) is 12.8. The first-order chi connectivity index (χ1) is 10.4. The quantitative estimate of drug-likeness (QED) is 0.940. The summed E-state index contributed by atoms with van der Waals surface area (Å²) in [6, 6.07) is 7.30. The van der Waals surface area contributed by atoms with E-state index in [0.29, 0.717) is 5.69 Å². The fourth-order valence-corrected chi connectivity index (χ4v) is 2.17. The van der Waals surface area contributed by atoms with Crippen molar-refractivity contribution in [1.82, 2.24) is 10.3 Å². The SMILES string of the molecule is Cc1ccc(CNC(=O)C(C)c2c(F)cccc2F)nc1C. The molecule has 2 aromatic rings. The fraction of sp³-hybridized carbons (Fsp3) is 0.294. The van der Waals surface area contributed by atoms with Crippen LogP contribution >= 0.6 is 0 Å². The first-order valence-electron chi connectivity index (χ1n) is 7.05. The third-order valence-electron chi connectivity index (χ3n) is 3.68. The van der Waals surface area contributed by atoms with Gasteiger partial charge in [-0.25, -0.2) is 8.78 Å². The number of nitrogens with one attached hydrogen (secondary N) is 1. The molecule has 0 fully saturated rings. The number of halogens is 2. The molecule has 0 saturated heterocycles. The Kier molecular flexibility index (Phi) is 4.85. The van der Waals surface area contributed by atoms with E-state index < -0.39 is 23.5 Å². The molecule has 1 aromatic carbocycles. The normalized spacial score (nSPS) is 12.0. The molecular weight excluding hydrogens is 286 g/mol. The molecule has 1 unspecified atom stereocenters. The molecule has 5 heteroatoms. The van der Waals surface area contributed by atoms with Crippen molar-refractivity contribution in [2.75, 3.05) is 0 Å². The molecule has 0 aliphatic rings. The van der Waals surface area contributed by atoms with Crippen molar-refractivity contribution in [2.24, 2.45) is 0 Å². The van der Waals surface area contributed by atoms with Crippen molar-refractivity contribution in [3.63, 3.8) is 0 Å². The Bertz CT molecular complexity index is 681. The largest absolute Gasteiger partial charge is 0.350 e. The smallest absolute Gasteiger partial charge is 0.227 e. The molecule has 116 valence electrons. The van der Waals surface area contributed by atoms with E-state index in [1.165, 1.54) is 13.0 Å². The van der Waals surface area contributed by atoms with Crippen molar-refractivity contribution in [3.05, 3.63) is 64.5 Å². The van der Waals surface area contributed by atoms with Crippen LogP contribution in [0.3, 0.4) is 0 Å². The van der Waals surface area contributed by atoms with Gasteiger partial charge in [0.1, 0.15) is 11.6 Å². The first-order valence-corrected chi connectivity index (χ1v) is 7.05. The number of nitrogens with zero attached hydrogens (tertiary/aromatic N) is 1. The molecule has 22 heavy (non-hydrogen) atoms. The minimum Gasteiger partial charge on any atom is -0.350 e. The van der Waals surface area contributed by atoms with Crippen LogP contribution in [0, 0.1) is 25.5 Å². The maximum atomic E-state index is 13.7. The minimum atomic E-state index is -0.909. The number of aryl methyl sites for hydroxylation is 2. The summed E-state index contributed by atoms with van der Waals surface area (Å²) in [6.07, 6.45) is 0. The van der Waals surface area contributed by atoms with E-state index in [-0.39, 0.29) is 12.1 Å². The van der Waals surface area contributed by atoms with Gasteiger partial charge in [0.05, 0.1) is 18.2 Å². The highest BCUT2D eigenvalue weighted by Gasteiger charge is 2.22. The second kappa shape index (κ2) is 6.64. The Morgan fingerprint density at radius 1 is 1.18 bits per heavy atom. The third-order valence-corrected chi connectivity index (χ3v) is 3.68. The fourth-order valence-electron chi connectivity index (χ4n) is 2.17. The zero-order chi connectivity index (χ0) is 16.3. The van der Waals surface area contributed by atoms with E-state index in [4.69, 9.17) is 0 Å². The molecule has 2 rings (SSSR count). The van der Waals surface area contributed by atoms with Gasteiger partial charge in [-0.2, -0.15) is 0 Å². The summed E-state index contributed by atoms with van der Waals surface area (Å²) in [5, 5.41) is 2.66. The van der Waals surface area contributed by atoms with Gasteiger partial charge in [0.25, 0.3) is 0 Å². The summed E-state index contributed by atoms with van der Waals surface area (Å²) in [7, 11) is 0. The number of pyridine rings is 1. The van der Waals surface area contributed by atoms with Gasteiger partial charge in [0.15, 0.2) is 0 Å². The van der Waals surface area contributed by atoms with Gasteiger partial charge in [-0.3, -0.25) is 9.78 Å². The van der Waals surface area contributed by atoms with Crippen molar-refractivity contribution >= 4 is 5.91 Å². The van der Waals surface area contributed by atoms with Gasteiger partial charge in [-0.05, 0) is 44.5 Å². The predicted molar refractivity (Wildman–Crippen MR) is 80.3 cm³/mol. The Morgan fingerprint density at radius 3 is 2.41 bits per heavy atom. The van der Waals surface area contributed by atoms with E-state index in [9.17, 15) is 13.6 Å². The topological polar surface area (TPSA) is 42.0 Å². The molecule has 0 aliphatic heterocycles. The Hall–Kier alpha value is -2.30. The van der Waals surface area contributed by atoms with Gasteiger partial charge >= 0.3 is 0 Å². The average Bonchev–Trinajstić information content (AvgIpc) is 2.47. The van der Waals surface area contributed by atoms with E-state index in [1.807, 2.05) is 26.0 Å². The van der Waals surface area contributed by atoms with Crippen LogP contribution in [0.4, 0.5) is 8.78 Å². The number of carbonyl (C=O) groups is 1. The Balaban J connectivity index is 2.07. The van der Waals surface area contributed by atoms with E-state index in [1.54, 1.807) is 0 Å². The van der Waals surface area contributed by atoms with Gasteiger partial charge in [-0.15, -0.1) is 0 Å². The summed E-state index contributed by atoms with van der Waals surface area (Å²) >= 11 is 0. The first kappa shape index (κ1) is 16.1. The van der Waals surface area contributed by atoms with Crippen LogP contribution in [0.2, 0.25) is 0 Å².